The van der Waals surface area contributed by atoms with Crippen LogP contribution in [0.2, 0.25) is 0 Å². The van der Waals surface area contributed by atoms with Crippen molar-refractivity contribution in [1.29, 1.82) is 0 Å². The predicted molar refractivity (Wildman–Crippen MR) is 173 cm³/mol. The van der Waals surface area contributed by atoms with Gasteiger partial charge >= 0.3 is 5.97 Å². The first kappa shape index (κ1) is 41.3. The quantitative estimate of drug-likeness (QED) is 0.0524. The summed E-state index contributed by atoms with van der Waals surface area (Å²) in [5.74, 6) is -0.273. The summed E-state index contributed by atoms with van der Waals surface area (Å²) in [5, 5.41) is 0. The van der Waals surface area contributed by atoms with E-state index in [0.29, 0.717) is 39.6 Å². The maximum atomic E-state index is 11.9. The van der Waals surface area contributed by atoms with Crippen LogP contribution in [0.1, 0.15) is 149 Å². The molecule has 1 unspecified atom stereocenters. The molecule has 0 saturated carbocycles. The minimum atomic E-state index is -0.273. The van der Waals surface area contributed by atoms with Crippen LogP contribution in [-0.4, -0.2) is 78.6 Å². The molecular weight excluding hydrogens is 532 g/mol. The van der Waals surface area contributed by atoms with E-state index in [9.17, 15) is 4.79 Å². The second-order valence-electron chi connectivity index (χ2n) is 11.6. The highest BCUT2D eigenvalue weighted by Crippen LogP contribution is 2.12. The number of carbonyl (C=O) groups excluding carboxylic acids is 1. The first-order chi connectivity index (χ1) is 20.7. The summed E-state index contributed by atoms with van der Waals surface area (Å²) in [5.41, 5.74) is 0. The van der Waals surface area contributed by atoms with Crippen LogP contribution in [0, 0.1) is 0 Å². The molecule has 0 spiro atoms. The molecule has 0 aromatic rings. The summed E-state index contributed by atoms with van der Waals surface area (Å²) in [4.78, 5) is 11.9. The van der Waals surface area contributed by atoms with Gasteiger partial charge in [0.2, 0.25) is 0 Å². The summed E-state index contributed by atoms with van der Waals surface area (Å²) >= 11 is 0. The third kappa shape index (κ3) is 33.8. The molecule has 7 nitrogen and oxygen atoms in total. The van der Waals surface area contributed by atoms with E-state index in [-0.39, 0.29) is 25.1 Å². The fourth-order valence-electron chi connectivity index (χ4n) is 4.79. The highest BCUT2D eigenvalue weighted by Gasteiger charge is 2.11. The van der Waals surface area contributed by atoms with Gasteiger partial charge in [0.25, 0.3) is 0 Å². The lowest BCUT2D eigenvalue weighted by molar-refractivity contribution is -0.147. The van der Waals surface area contributed by atoms with E-state index in [2.05, 4.69) is 13.8 Å². The predicted octanol–water partition coefficient (Wildman–Crippen LogP) is 8.84. The lowest BCUT2D eigenvalue weighted by Crippen LogP contribution is -2.27. The molecule has 0 aliphatic carbocycles. The van der Waals surface area contributed by atoms with E-state index < -0.39 is 0 Å². The molecule has 0 amide bonds. The number of ether oxygens (including phenoxy) is 6. The first-order valence-corrected chi connectivity index (χ1v) is 17.7. The molecule has 252 valence electrons. The first-order valence-electron chi connectivity index (χ1n) is 17.7. The van der Waals surface area contributed by atoms with Crippen LogP contribution < -0.4 is 0 Å². The second kappa shape index (κ2) is 36.5. The topological polar surface area (TPSA) is 72.5 Å². The summed E-state index contributed by atoms with van der Waals surface area (Å²) < 4.78 is 33.3. The zero-order chi connectivity index (χ0) is 30.6. The van der Waals surface area contributed by atoms with Crippen molar-refractivity contribution in [3.63, 3.8) is 0 Å². The van der Waals surface area contributed by atoms with E-state index in [0.717, 1.165) is 26.1 Å². The summed E-state index contributed by atoms with van der Waals surface area (Å²) in [6, 6.07) is 0. The molecule has 0 aliphatic rings. The van der Waals surface area contributed by atoms with E-state index in [1.165, 1.54) is 116 Å². The van der Waals surface area contributed by atoms with Crippen molar-refractivity contribution >= 4 is 5.97 Å². The van der Waals surface area contributed by atoms with Gasteiger partial charge in [0.1, 0.15) is 12.7 Å². The average molecular weight is 603 g/mol. The fraction of sp³-hybridized carbons (Fsp3) is 0.971. The zero-order valence-electron chi connectivity index (χ0n) is 28.1. The molecule has 0 heterocycles. The molecule has 0 radical (unpaired) electrons. The van der Waals surface area contributed by atoms with Crippen molar-refractivity contribution < 1.29 is 33.2 Å². The number of esters is 1. The largest absolute Gasteiger partial charge is 0.463 e. The second-order valence-corrected chi connectivity index (χ2v) is 11.6. The number of methoxy groups -OCH3 is 1. The molecule has 0 N–H and O–H groups in total. The third-order valence-electron chi connectivity index (χ3n) is 7.47. The van der Waals surface area contributed by atoms with Crippen molar-refractivity contribution in [2.45, 2.75) is 155 Å². The monoisotopic (exact) mass is 603 g/mol. The molecule has 0 aromatic heterocycles. The normalized spacial score (nSPS) is 12.2. The summed E-state index contributed by atoms with van der Waals surface area (Å²) in [6.45, 7) is 9.00. The molecule has 0 aromatic carbocycles. The third-order valence-corrected chi connectivity index (χ3v) is 7.47. The van der Waals surface area contributed by atoms with Gasteiger partial charge in [0.15, 0.2) is 0 Å². The maximum absolute atomic E-state index is 11.9. The molecule has 0 rings (SSSR count). The Balaban J connectivity index is 4.01. The highest BCUT2D eigenvalue weighted by atomic mass is 16.6. The van der Waals surface area contributed by atoms with E-state index >= 15 is 0 Å². The Morgan fingerprint density at radius 2 is 0.929 bits per heavy atom. The van der Waals surface area contributed by atoms with Crippen LogP contribution in [-0.2, 0) is 33.2 Å². The van der Waals surface area contributed by atoms with Crippen LogP contribution in [0.15, 0.2) is 0 Å². The van der Waals surface area contributed by atoms with Crippen LogP contribution in [0.4, 0.5) is 0 Å². The number of hydrogen-bond donors (Lipinski definition) is 0. The molecule has 7 heteroatoms. The van der Waals surface area contributed by atoms with Gasteiger partial charge < -0.3 is 28.4 Å². The summed E-state index contributed by atoms with van der Waals surface area (Å²) in [6.07, 6.45) is 26.4. The molecule has 0 fully saturated rings. The van der Waals surface area contributed by atoms with Crippen molar-refractivity contribution in [2.75, 3.05) is 66.6 Å². The van der Waals surface area contributed by atoms with Crippen LogP contribution in [0.25, 0.3) is 0 Å². The van der Waals surface area contributed by atoms with E-state index in [4.69, 9.17) is 28.4 Å². The van der Waals surface area contributed by atoms with Crippen molar-refractivity contribution in [3.05, 3.63) is 0 Å². The minimum absolute atomic E-state index is 0.100. The van der Waals surface area contributed by atoms with E-state index in [1.54, 1.807) is 7.11 Å². The van der Waals surface area contributed by atoms with Gasteiger partial charge in [-0.05, 0) is 12.8 Å². The minimum Gasteiger partial charge on any atom is -0.463 e. The molecule has 0 bridgehead atoms. The Morgan fingerprint density at radius 3 is 1.45 bits per heavy atom. The number of unbranched alkanes of at least 4 members (excludes halogenated alkanes) is 18. The lowest BCUT2D eigenvalue weighted by atomic mass is 10.1. The van der Waals surface area contributed by atoms with Gasteiger partial charge in [0, 0.05) is 20.3 Å². The van der Waals surface area contributed by atoms with E-state index in [1.807, 2.05) is 0 Å². The Hall–Kier alpha value is -0.730. The molecule has 1 atom stereocenters. The Morgan fingerprint density at radius 1 is 0.476 bits per heavy atom. The van der Waals surface area contributed by atoms with Crippen LogP contribution in [0.3, 0.4) is 0 Å². The average Bonchev–Trinajstić information content (AvgIpc) is 2.99. The standard InChI is InChI=1S/C35H70O7/c1-4-6-8-10-12-14-16-18-20-22-25-39-32-34(41-26-23-21-19-17-15-13-11-9-7-5-2)33-40-27-24-35(36)42-31-30-38-29-28-37-3/h34H,4-33H2,1-3H3. The molecule has 42 heavy (non-hydrogen) atoms. The number of hydrogen-bond acceptors (Lipinski definition) is 7. The van der Waals surface area contributed by atoms with Gasteiger partial charge in [-0.2, -0.15) is 0 Å². The Labute approximate surface area is 260 Å². The Bertz CT molecular complexity index is 518. The molecule has 0 aliphatic heterocycles. The van der Waals surface area contributed by atoms with Crippen molar-refractivity contribution in [1.82, 2.24) is 0 Å². The van der Waals surface area contributed by atoms with Crippen molar-refractivity contribution in [3.8, 4) is 0 Å². The number of rotatable bonds is 36. The highest BCUT2D eigenvalue weighted by molar-refractivity contribution is 5.69. The Kier molecular flexibility index (Phi) is 35.8. The smallest absolute Gasteiger partial charge is 0.308 e. The fourth-order valence-corrected chi connectivity index (χ4v) is 4.79. The summed E-state index contributed by atoms with van der Waals surface area (Å²) in [7, 11) is 1.63. The van der Waals surface area contributed by atoms with Gasteiger partial charge in [-0.3, -0.25) is 4.79 Å². The zero-order valence-corrected chi connectivity index (χ0v) is 28.1. The van der Waals surface area contributed by atoms with Gasteiger partial charge in [-0.1, -0.05) is 129 Å². The lowest BCUT2D eigenvalue weighted by Gasteiger charge is -2.18. The van der Waals surface area contributed by atoms with Gasteiger partial charge in [-0.25, -0.2) is 0 Å². The van der Waals surface area contributed by atoms with Crippen LogP contribution in [0.5, 0.6) is 0 Å². The SMILES string of the molecule is CCCCCCCCCCCCOCC(COCCC(=O)OCCOCCOC)OCCCCCCCCCCCC. The molecular formula is C35H70O7. The van der Waals surface area contributed by atoms with Gasteiger partial charge in [0.05, 0.1) is 46.1 Å². The van der Waals surface area contributed by atoms with Crippen molar-refractivity contribution in [2.24, 2.45) is 0 Å². The van der Waals surface area contributed by atoms with Gasteiger partial charge in [-0.15, -0.1) is 0 Å². The molecule has 0 saturated heterocycles. The number of carbonyl (C=O) groups is 1. The van der Waals surface area contributed by atoms with Crippen LogP contribution >= 0.6 is 0 Å². The maximum Gasteiger partial charge on any atom is 0.308 e.